The number of carbonyl (C=O) groups excluding carboxylic acids is 1. The van der Waals surface area contributed by atoms with E-state index in [9.17, 15) is 14.3 Å². The van der Waals surface area contributed by atoms with E-state index in [-0.39, 0.29) is 29.7 Å². The van der Waals surface area contributed by atoms with Gasteiger partial charge in [0.1, 0.15) is 5.82 Å². The number of carbonyl (C=O) groups is 1. The van der Waals surface area contributed by atoms with E-state index >= 15 is 0 Å². The summed E-state index contributed by atoms with van der Waals surface area (Å²) in [7, 11) is 0. The molecular weight excluding hydrogens is 369 g/mol. The van der Waals surface area contributed by atoms with E-state index in [0.29, 0.717) is 5.56 Å². The number of ketones is 1. The summed E-state index contributed by atoms with van der Waals surface area (Å²) < 4.78 is 13.1. The van der Waals surface area contributed by atoms with Crippen LogP contribution in [0.25, 0.3) is 0 Å². The second-order valence-electron chi connectivity index (χ2n) is 8.20. The molecule has 2 aliphatic heterocycles. The van der Waals surface area contributed by atoms with Crippen molar-refractivity contribution >= 4 is 5.78 Å². The lowest BCUT2D eigenvalue weighted by atomic mass is 9.87. The van der Waals surface area contributed by atoms with Gasteiger partial charge in [-0.2, -0.15) is 0 Å². The number of pyridine rings is 1. The molecule has 0 radical (unpaired) electrons. The first-order chi connectivity index (χ1) is 14.1. The lowest BCUT2D eigenvalue weighted by Gasteiger charge is -2.44. The molecule has 1 aromatic heterocycles. The molecule has 29 heavy (non-hydrogen) atoms. The van der Waals surface area contributed by atoms with Crippen LogP contribution in [0, 0.1) is 11.7 Å². The topological polar surface area (TPSA) is 56.7 Å². The maximum Gasteiger partial charge on any atom is 0.166 e. The number of nitrogens with zero attached hydrogens (tertiary/aromatic N) is 3. The zero-order valence-electron chi connectivity index (χ0n) is 16.6. The summed E-state index contributed by atoms with van der Waals surface area (Å²) in [6.45, 7) is 4.20. The van der Waals surface area contributed by atoms with Crippen LogP contribution in [0.3, 0.4) is 0 Å². The van der Waals surface area contributed by atoms with Crippen LogP contribution in [0.4, 0.5) is 4.39 Å². The lowest BCUT2D eigenvalue weighted by Crippen LogP contribution is -2.56. The van der Waals surface area contributed by atoms with Crippen LogP contribution in [0.15, 0.2) is 48.8 Å². The molecule has 0 spiro atoms. The minimum absolute atomic E-state index is 0.0228. The smallest absolute Gasteiger partial charge is 0.166 e. The van der Waals surface area contributed by atoms with Gasteiger partial charge in [-0.1, -0.05) is 0 Å². The second-order valence-corrected chi connectivity index (χ2v) is 8.20. The Morgan fingerprint density at radius 1 is 1.03 bits per heavy atom. The fraction of sp³-hybridized carbons (Fsp3) is 0.478. The van der Waals surface area contributed by atoms with E-state index in [2.05, 4.69) is 14.8 Å². The molecule has 2 atom stereocenters. The first-order valence-electron chi connectivity index (χ1n) is 10.4. The maximum atomic E-state index is 13.1. The Bertz CT molecular complexity index is 807. The number of benzene rings is 1. The van der Waals surface area contributed by atoms with Gasteiger partial charge in [0.15, 0.2) is 5.78 Å². The van der Waals surface area contributed by atoms with E-state index in [1.165, 1.54) is 17.7 Å². The third kappa shape index (κ3) is 4.89. The van der Waals surface area contributed by atoms with Crippen molar-refractivity contribution in [2.75, 3.05) is 26.2 Å². The zero-order valence-corrected chi connectivity index (χ0v) is 16.6. The summed E-state index contributed by atoms with van der Waals surface area (Å²) in [6.07, 6.45) is 5.63. The number of aliphatic hydroxyl groups excluding tert-OH is 1. The number of piperidine rings is 2. The van der Waals surface area contributed by atoms with Crippen molar-refractivity contribution in [3.63, 3.8) is 0 Å². The highest BCUT2D eigenvalue weighted by molar-refractivity contribution is 5.97. The average Bonchev–Trinajstić information content (AvgIpc) is 2.76. The van der Waals surface area contributed by atoms with Crippen LogP contribution in [-0.4, -0.2) is 64.0 Å². The van der Waals surface area contributed by atoms with Crippen molar-refractivity contribution in [3.05, 3.63) is 65.7 Å². The van der Waals surface area contributed by atoms with Gasteiger partial charge in [-0.25, -0.2) is 4.39 Å². The van der Waals surface area contributed by atoms with Crippen LogP contribution in [0.1, 0.15) is 35.2 Å². The molecule has 2 unspecified atom stereocenters. The number of hydrogen-bond donors (Lipinski definition) is 1. The summed E-state index contributed by atoms with van der Waals surface area (Å²) >= 11 is 0. The van der Waals surface area contributed by atoms with E-state index in [4.69, 9.17) is 0 Å². The Labute approximate surface area is 171 Å². The van der Waals surface area contributed by atoms with Crippen molar-refractivity contribution in [1.82, 2.24) is 14.8 Å². The third-order valence-electron chi connectivity index (χ3n) is 6.28. The Balaban J connectivity index is 1.33. The lowest BCUT2D eigenvalue weighted by molar-refractivity contribution is -0.0243. The van der Waals surface area contributed by atoms with Crippen molar-refractivity contribution < 1.29 is 14.3 Å². The van der Waals surface area contributed by atoms with Gasteiger partial charge in [0, 0.05) is 49.6 Å². The van der Waals surface area contributed by atoms with Crippen LogP contribution in [-0.2, 0) is 6.54 Å². The van der Waals surface area contributed by atoms with Crippen molar-refractivity contribution in [3.8, 4) is 0 Å². The highest BCUT2D eigenvalue weighted by Crippen LogP contribution is 2.26. The number of halogens is 1. The summed E-state index contributed by atoms with van der Waals surface area (Å²) in [5.41, 5.74) is 1.82. The zero-order chi connectivity index (χ0) is 20.2. The van der Waals surface area contributed by atoms with E-state index in [0.717, 1.165) is 52.0 Å². The summed E-state index contributed by atoms with van der Waals surface area (Å²) in [5, 5.41) is 10.6. The molecular formula is C23H28FN3O2. The largest absolute Gasteiger partial charge is 0.391 e. The van der Waals surface area contributed by atoms with Gasteiger partial charge >= 0.3 is 0 Å². The van der Waals surface area contributed by atoms with E-state index < -0.39 is 0 Å². The maximum absolute atomic E-state index is 13.1. The van der Waals surface area contributed by atoms with Crippen molar-refractivity contribution in [1.29, 1.82) is 0 Å². The molecule has 3 heterocycles. The quantitative estimate of drug-likeness (QED) is 0.787. The molecule has 1 aromatic carbocycles. The monoisotopic (exact) mass is 397 g/mol. The van der Waals surface area contributed by atoms with Crippen LogP contribution in [0.2, 0.25) is 0 Å². The SMILES string of the molecule is O=C(c1ccc(F)cc1)C1CCN(C2CN(Cc3ccncc3)CCC2O)CC1. The van der Waals surface area contributed by atoms with Crippen molar-refractivity contribution in [2.24, 2.45) is 5.92 Å². The summed E-state index contributed by atoms with van der Waals surface area (Å²) in [4.78, 5) is 21.5. The number of likely N-dealkylation sites (tertiary alicyclic amines) is 2. The normalized spacial score (nSPS) is 24.5. The number of aromatic nitrogens is 1. The molecule has 0 amide bonds. The van der Waals surface area contributed by atoms with Gasteiger partial charge in [0.25, 0.3) is 0 Å². The van der Waals surface area contributed by atoms with Crippen LogP contribution in [0.5, 0.6) is 0 Å². The molecule has 1 N–H and O–H groups in total. The van der Waals surface area contributed by atoms with Gasteiger partial charge in [-0.05, 0) is 74.3 Å². The molecule has 5 nitrogen and oxygen atoms in total. The van der Waals surface area contributed by atoms with E-state index in [1.54, 1.807) is 12.1 Å². The van der Waals surface area contributed by atoms with Crippen molar-refractivity contribution in [2.45, 2.75) is 38.0 Å². The molecule has 2 aliphatic rings. The fourth-order valence-corrected chi connectivity index (χ4v) is 4.58. The van der Waals surface area contributed by atoms with Gasteiger partial charge in [0.2, 0.25) is 0 Å². The van der Waals surface area contributed by atoms with Gasteiger partial charge < -0.3 is 5.11 Å². The van der Waals surface area contributed by atoms with Crippen LogP contribution >= 0.6 is 0 Å². The Hall–Kier alpha value is -2.15. The first-order valence-corrected chi connectivity index (χ1v) is 10.4. The van der Waals surface area contributed by atoms with E-state index in [1.807, 2.05) is 24.5 Å². The first kappa shape index (κ1) is 20.1. The Morgan fingerprint density at radius 2 is 1.72 bits per heavy atom. The minimum atomic E-state index is -0.326. The average molecular weight is 397 g/mol. The number of aliphatic hydroxyl groups is 1. The molecule has 6 heteroatoms. The molecule has 154 valence electrons. The molecule has 4 rings (SSSR count). The van der Waals surface area contributed by atoms with Gasteiger partial charge in [0.05, 0.1) is 6.10 Å². The predicted octanol–water partition coefficient (Wildman–Crippen LogP) is 2.75. The fourth-order valence-electron chi connectivity index (χ4n) is 4.58. The van der Waals surface area contributed by atoms with Gasteiger partial charge in [-0.3, -0.25) is 19.6 Å². The third-order valence-corrected chi connectivity index (χ3v) is 6.28. The molecule has 0 aliphatic carbocycles. The highest BCUT2D eigenvalue weighted by Gasteiger charge is 2.35. The second kappa shape index (κ2) is 9.11. The molecule has 0 bridgehead atoms. The standard InChI is InChI=1S/C23H28FN3O2/c24-20-3-1-18(2-4-20)23(29)19-7-13-27(14-8-19)21-16-26(12-9-22(21)28)15-17-5-10-25-11-6-17/h1-6,10-11,19,21-22,28H,7-9,12-16H2. The van der Waals surface area contributed by atoms with Crippen LogP contribution < -0.4 is 0 Å². The number of hydrogen-bond acceptors (Lipinski definition) is 5. The Morgan fingerprint density at radius 3 is 2.41 bits per heavy atom. The molecule has 0 saturated carbocycles. The Kier molecular flexibility index (Phi) is 6.33. The summed E-state index contributed by atoms with van der Waals surface area (Å²) in [5.74, 6) is -0.238. The summed E-state index contributed by atoms with van der Waals surface area (Å²) in [6, 6.07) is 10.0. The number of rotatable bonds is 5. The molecule has 2 fully saturated rings. The molecule has 2 saturated heterocycles. The minimum Gasteiger partial charge on any atom is -0.391 e. The predicted molar refractivity (Wildman–Crippen MR) is 109 cm³/mol. The van der Waals surface area contributed by atoms with Gasteiger partial charge in [-0.15, -0.1) is 0 Å². The highest BCUT2D eigenvalue weighted by atomic mass is 19.1. The number of Topliss-reactive ketones (excluding diaryl/α,β-unsaturated/α-hetero) is 1. The molecule has 2 aromatic rings.